The van der Waals surface area contributed by atoms with Crippen molar-refractivity contribution in [3.05, 3.63) is 30.1 Å². The Kier molecular flexibility index (Phi) is 6.26. The van der Waals surface area contributed by atoms with Crippen LogP contribution in [0.4, 0.5) is 0 Å². The van der Waals surface area contributed by atoms with Crippen LogP contribution in [0.25, 0.3) is 0 Å². The van der Waals surface area contributed by atoms with E-state index in [9.17, 15) is 4.21 Å². The molecule has 0 aliphatic heterocycles. The van der Waals surface area contributed by atoms with Gasteiger partial charge in [0.25, 0.3) is 0 Å². The Hall–Kier alpha value is -0.740. The van der Waals surface area contributed by atoms with Crippen LogP contribution in [-0.2, 0) is 17.2 Å². The van der Waals surface area contributed by atoms with Gasteiger partial charge < -0.3 is 5.32 Å². The fourth-order valence-corrected chi connectivity index (χ4v) is 2.14. The molecule has 0 bridgehead atoms. The molecule has 0 aliphatic rings. The summed E-state index contributed by atoms with van der Waals surface area (Å²) in [5.74, 6) is 1.50. The number of hydrogen-bond donors (Lipinski definition) is 1. The molecule has 0 aliphatic carbocycles. The largest absolute Gasteiger partial charge is 0.313 e. The minimum absolute atomic E-state index is 0.413. The molecule has 1 heterocycles. The maximum Gasteiger partial charge on any atom is 0.0360 e. The normalized spacial score (nSPS) is 14.6. The molecule has 90 valence electrons. The zero-order valence-electron chi connectivity index (χ0n) is 9.98. The first-order chi connectivity index (χ1) is 7.72. The van der Waals surface area contributed by atoms with Crippen LogP contribution in [0.3, 0.4) is 0 Å². The first kappa shape index (κ1) is 13.3. The van der Waals surface area contributed by atoms with Crippen molar-refractivity contribution in [2.24, 2.45) is 0 Å². The van der Waals surface area contributed by atoms with E-state index < -0.39 is 10.8 Å². The maximum atomic E-state index is 11.2. The Labute approximate surface area is 100 Å². The van der Waals surface area contributed by atoms with E-state index in [2.05, 4.69) is 17.2 Å². The van der Waals surface area contributed by atoms with Crippen molar-refractivity contribution in [2.75, 3.05) is 18.1 Å². The Bertz CT molecular complexity index is 316. The third-order valence-electron chi connectivity index (χ3n) is 2.44. The van der Waals surface area contributed by atoms with Crippen LogP contribution in [0.5, 0.6) is 0 Å². The van der Waals surface area contributed by atoms with Gasteiger partial charge in [-0.3, -0.25) is 9.19 Å². The van der Waals surface area contributed by atoms with Crippen LogP contribution < -0.4 is 5.32 Å². The molecule has 0 aromatic carbocycles. The zero-order valence-corrected chi connectivity index (χ0v) is 10.8. The maximum absolute atomic E-state index is 11.2. The molecule has 2 unspecified atom stereocenters. The highest BCUT2D eigenvalue weighted by atomic mass is 32.2. The molecule has 1 aromatic rings. The third kappa shape index (κ3) is 5.37. The van der Waals surface area contributed by atoms with Gasteiger partial charge in [0.15, 0.2) is 0 Å². The number of rotatable bonds is 7. The summed E-state index contributed by atoms with van der Waals surface area (Å²) in [4.78, 5) is 3.99. The van der Waals surface area contributed by atoms with Crippen molar-refractivity contribution >= 4 is 10.8 Å². The lowest BCUT2D eigenvalue weighted by atomic mass is 10.1. The SMILES string of the molecule is CCS(=O)CCNC(C)Cc1ccncc1. The molecule has 4 heteroatoms. The summed E-state index contributed by atoms with van der Waals surface area (Å²) in [5, 5.41) is 3.38. The van der Waals surface area contributed by atoms with Gasteiger partial charge in [0.1, 0.15) is 0 Å². The van der Waals surface area contributed by atoms with Gasteiger partial charge in [-0.05, 0) is 31.0 Å². The van der Waals surface area contributed by atoms with Gasteiger partial charge >= 0.3 is 0 Å². The van der Waals surface area contributed by atoms with E-state index in [4.69, 9.17) is 0 Å². The van der Waals surface area contributed by atoms with E-state index in [0.717, 1.165) is 24.5 Å². The van der Waals surface area contributed by atoms with Crippen molar-refractivity contribution in [3.63, 3.8) is 0 Å². The molecule has 0 amide bonds. The van der Waals surface area contributed by atoms with Gasteiger partial charge in [-0.1, -0.05) is 6.92 Å². The molecule has 16 heavy (non-hydrogen) atoms. The highest BCUT2D eigenvalue weighted by Gasteiger charge is 2.03. The summed E-state index contributed by atoms with van der Waals surface area (Å²) in [6, 6.07) is 4.47. The van der Waals surface area contributed by atoms with E-state index in [0.29, 0.717) is 6.04 Å². The van der Waals surface area contributed by atoms with Crippen LogP contribution in [0.15, 0.2) is 24.5 Å². The van der Waals surface area contributed by atoms with Crippen molar-refractivity contribution < 1.29 is 4.21 Å². The molecule has 0 fully saturated rings. The molecular weight excluding hydrogens is 220 g/mol. The summed E-state index contributed by atoms with van der Waals surface area (Å²) in [6.07, 6.45) is 4.61. The van der Waals surface area contributed by atoms with Gasteiger partial charge in [-0.2, -0.15) is 0 Å². The van der Waals surface area contributed by atoms with Crippen LogP contribution in [-0.4, -0.2) is 33.3 Å². The van der Waals surface area contributed by atoms with Crippen molar-refractivity contribution in [1.29, 1.82) is 0 Å². The summed E-state index contributed by atoms with van der Waals surface area (Å²) >= 11 is 0. The Balaban J connectivity index is 2.21. The predicted molar refractivity (Wildman–Crippen MR) is 69.0 cm³/mol. The number of nitrogens with one attached hydrogen (secondary N) is 1. The van der Waals surface area contributed by atoms with E-state index in [1.165, 1.54) is 5.56 Å². The Morgan fingerprint density at radius 3 is 2.75 bits per heavy atom. The van der Waals surface area contributed by atoms with Crippen molar-refractivity contribution in [2.45, 2.75) is 26.3 Å². The standard InChI is InChI=1S/C12H20N2OS/c1-3-16(15)9-8-14-11(2)10-12-4-6-13-7-5-12/h4-7,11,14H,3,8-10H2,1-2H3. The van der Waals surface area contributed by atoms with E-state index in [1.54, 1.807) is 0 Å². The number of pyridine rings is 1. The highest BCUT2D eigenvalue weighted by Crippen LogP contribution is 2.00. The lowest BCUT2D eigenvalue weighted by Gasteiger charge is -2.13. The molecule has 0 saturated heterocycles. The second-order valence-electron chi connectivity index (χ2n) is 3.85. The van der Waals surface area contributed by atoms with E-state index >= 15 is 0 Å². The predicted octanol–water partition coefficient (Wildman–Crippen LogP) is 1.37. The third-order valence-corrected chi connectivity index (χ3v) is 3.74. The minimum Gasteiger partial charge on any atom is -0.313 e. The second kappa shape index (κ2) is 7.52. The van der Waals surface area contributed by atoms with Gasteiger partial charge in [-0.25, -0.2) is 0 Å². The molecule has 3 nitrogen and oxygen atoms in total. The average molecular weight is 240 g/mol. The van der Waals surface area contributed by atoms with Crippen LogP contribution in [0.1, 0.15) is 19.4 Å². The average Bonchev–Trinajstić information content (AvgIpc) is 2.30. The second-order valence-corrected chi connectivity index (χ2v) is 5.71. The van der Waals surface area contributed by atoms with Crippen LogP contribution in [0, 0.1) is 0 Å². The summed E-state index contributed by atoms with van der Waals surface area (Å²) in [7, 11) is -0.662. The van der Waals surface area contributed by atoms with Gasteiger partial charge in [0.05, 0.1) is 0 Å². The first-order valence-electron chi connectivity index (χ1n) is 5.69. The van der Waals surface area contributed by atoms with E-state index in [1.807, 2.05) is 31.5 Å². The van der Waals surface area contributed by atoms with Crippen LogP contribution >= 0.6 is 0 Å². The van der Waals surface area contributed by atoms with Gasteiger partial charge in [0, 0.05) is 47.3 Å². The molecule has 2 atom stereocenters. The van der Waals surface area contributed by atoms with Gasteiger partial charge in [0.2, 0.25) is 0 Å². The molecule has 1 rings (SSSR count). The lowest BCUT2D eigenvalue weighted by Crippen LogP contribution is -2.31. The molecule has 1 aromatic heterocycles. The zero-order chi connectivity index (χ0) is 11.8. The monoisotopic (exact) mass is 240 g/mol. The summed E-state index contributed by atoms with van der Waals surface area (Å²) in [6.45, 7) is 4.93. The summed E-state index contributed by atoms with van der Waals surface area (Å²) < 4.78 is 11.2. The quantitative estimate of drug-likeness (QED) is 0.782. The van der Waals surface area contributed by atoms with Crippen molar-refractivity contribution in [1.82, 2.24) is 10.3 Å². The Morgan fingerprint density at radius 1 is 1.44 bits per heavy atom. The fraction of sp³-hybridized carbons (Fsp3) is 0.583. The molecule has 0 saturated carbocycles. The fourth-order valence-electron chi connectivity index (χ4n) is 1.51. The number of nitrogens with zero attached hydrogens (tertiary/aromatic N) is 1. The first-order valence-corrected chi connectivity index (χ1v) is 7.18. The number of hydrogen-bond acceptors (Lipinski definition) is 3. The molecule has 0 radical (unpaired) electrons. The van der Waals surface area contributed by atoms with Gasteiger partial charge in [-0.15, -0.1) is 0 Å². The van der Waals surface area contributed by atoms with Crippen molar-refractivity contribution in [3.8, 4) is 0 Å². The Morgan fingerprint density at radius 2 is 2.12 bits per heavy atom. The molecule has 0 spiro atoms. The van der Waals surface area contributed by atoms with Crippen LogP contribution in [0.2, 0.25) is 0 Å². The highest BCUT2D eigenvalue weighted by molar-refractivity contribution is 7.84. The molecular formula is C12H20N2OS. The lowest BCUT2D eigenvalue weighted by molar-refractivity contribution is 0.565. The summed E-state index contributed by atoms with van der Waals surface area (Å²) in [5.41, 5.74) is 1.28. The molecule has 1 N–H and O–H groups in total. The minimum atomic E-state index is -0.662. The number of aromatic nitrogens is 1. The van der Waals surface area contributed by atoms with E-state index in [-0.39, 0.29) is 0 Å². The smallest absolute Gasteiger partial charge is 0.0360 e. The topological polar surface area (TPSA) is 42.0 Å².